The smallest absolute Gasteiger partial charge is 0.193 e. The van der Waals surface area contributed by atoms with E-state index in [1.54, 1.807) is 30.3 Å². The van der Waals surface area contributed by atoms with Crippen LogP contribution in [-0.2, 0) is 0 Å². The molecule has 0 saturated carbocycles. The average Bonchev–Trinajstić information content (AvgIpc) is 3.12. The predicted octanol–water partition coefficient (Wildman–Crippen LogP) is 2.60. The fourth-order valence-corrected chi connectivity index (χ4v) is 3.00. The quantitative estimate of drug-likeness (QED) is 0.581. The van der Waals surface area contributed by atoms with Crippen molar-refractivity contribution in [2.75, 3.05) is 18.0 Å². The molecule has 0 aromatic heterocycles. The number of carbonyl (C=O) groups excluding carboxylic acids is 1. The van der Waals surface area contributed by atoms with Gasteiger partial charge in [-0.05, 0) is 56.6 Å². The van der Waals surface area contributed by atoms with E-state index >= 15 is 0 Å². The molecular formula is C19H23N3O2. The van der Waals surface area contributed by atoms with Crippen molar-refractivity contribution in [2.45, 2.75) is 31.9 Å². The van der Waals surface area contributed by atoms with Crippen LogP contribution in [0.5, 0.6) is 5.75 Å². The normalized spacial score (nSPS) is 18.3. The highest BCUT2D eigenvalue weighted by molar-refractivity contribution is 6.10. The van der Waals surface area contributed by atoms with Gasteiger partial charge in [-0.25, -0.2) is 0 Å². The molecule has 5 heteroatoms. The molecule has 1 aliphatic heterocycles. The summed E-state index contributed by atoms with van der Waals surface area (Å²) in [5.74, 6) is 0.601. The largest absolute Gasteiger partial charge is 0.489 e. The van der Waals surface area contributed by atoms with E-state index in [-0.39, 0.29) is 11.9 Å². The van der Waals surface area contributed by atoms with Crippen molar-refractivity contribution in [3.8, 4) is 5.75 Å². The molecule has 1 fully saturated rings. The summed E-state index contributed by atoms with van der Waals surface area (Å²) < 4.78 is 6.01. The Labute approximate surface area is 142 Å². The molecule has 0 aliphatic carbocycles. The molecular weight excluding hydrogens is 302 g/mol. The van der Waals surface area contributed by atoms with Crippen molar-refractivity contribution in [1.82, 2.24) is 5.32 Å². The summed E-state index contributed by atoms with van der Waals surface area (Å²) in [6.45, 7) is 3.09. The number of ether oxygens (including phenoxy) is 1. The highest BCUT2D eigenvalue weighted by Crippen LogP contribution is 2.22. The average molecular weight is 325 g/mol. The van der Waals surface area contributed by atoms with Gasteiger partial charge in [0.1, 0.15) is 11.9 Å². The SMILES string of the molecule is CC(Oc1cccc(C(=O)c2ccc(N)c(N)c2)c1)C1CCCN1. The van der Waals surface area contributed by atoms with E-state index < -0.39 is 0 Å². The van der Waals surface area contributed by atoms with E-state index in [1.807, 2.05) is 12.1 Å². The number of nitrogens with two attached hydrogens (primary N) is 2. The van der Waals surface area contributed by atoms with Crippen LogP contribution in [0.2, 0.25) is 0 Å². The molecule has 2 aromatic rings. The van der Waals surface area contributed by atoms with Gasteiger partial charge in [-0.15, -0.1) is 0 Å². The zero-order valence-electron chi connectivity index (χ0n) is 13.8. The molecule has 126 valence electrons. The lowest BCUT2D eigenvalue weighted by molar-refractivity contribution is 0.103. The van der Waals surface area contributed by atoms with Crippen LogP contribution in [0.15, 0.2) is 42.5 Å². The lowest BCUT2D eigenvalue weighted by Crippen LogP contribution is -2.36. The first-order chi connectivity index (χ1) is 11.5. The van der Waals surface area contributed by atoms with Crippen LogP contribution in [-0.4, -0.2) is 24.5 Å². The zero-order chi connectivity index (χ0) is 17.1. The van der Waals surface area contributed by atoms with E-state index in [4.69, 9.17) is 16.2 Å². The zero-order valence-corrected chi connectivity index (χ0v) is 13.8. The summed E-state index contributed by atoms with van der Waals surface area (Å²) in [5.41, 5.74) is 13.5. The first-order valence-corrected chi connectivity index (χ1v) is 8.24. The highest BCUT2D eigenvalue weighted by atomic mass is 16.5. The Bertz CT molecular complexity index is 739. The number of benzene rings is 2. The van der Waals surface area contributed by atoms with Crippen LogP contribution >= 0.6 is 0 Å². The van der Waals surface area contributed by atoms with Gasteiger partial charge in [0.15, 0.2) is 5.78 Å². The summed E-state index contributed by atoms with van der Waals surface area (Å²) in [6, 6.07) is 12.6. The molecule has 1 saturated heterocycles. The van der Waals surface area contributed by atoms with E-state index in [0.717, 1.165) is 13.0 Å². The summed E-state index contributed by atoms with van der Waals surface area (Å²) >= 11 is 0. The van der Waals surface area contributed by atoms with Crippen molar-refractivity contribution >= 4 is 17.2 Å². The maximum atomic E-state index is 12.6. The molecule has 0 bridgehead atoms. The van der Waals surface area contributed by atoms with E-state index in [0.29, 0.717) is 34.3 Å². The Morgan fingerprint density at radius 1 is 1.17 bits per heavy atom. The molecule has 1 aliphatic rings. The van der Waals surface area contributed by atoms with Crippen molar-refractivity contribution < 1.29 is 9.53 Å². The third-order valence-corrected chi connectivity index (χ3v) is 4.43. The Morgan fingerprint density at radius 3 is 2.67 bits per heavy atom. The minimum absolute atomic E-state index is 0.0602. The molecule has 2 atom stereocenters. The summed E-state index contributed by atoms with van der Waals surface area (Å²) in [6.07, 6.45) is 2.35. The number of nitrogen functional groups attached to an aromatic ring is 2. The number of anilines is 2. The lowest BCUT2D eigenvalue weighted by Gasteiger charge is -2.21. The number of ketones is 1. The second kappa shape index (κ2) is 6.93. The number of hydrogen-bond acceptors (Lipinski definition) is 5. The van der Waals surface area contributed by atoms with Crippen molar-refractivity contribution in [2.24, 2.45) is 0 Å². The molecule has 0 spiro atoms. The molecule has 24 heavy (non-hydrogen) atoms. The predicted molar refractivity (Wildman–Crippen MR) is 96.3 cm³/mol. The minimum atomic E-state index is -0.0983. The molecule has 3 rings (SSSR count). The van der Waals surface area contributed by atoms with Gasteiger partial charge in [0.05, 0.1) is 11.4 Å². The second-order valence-corrected chi connectivity index (χ2v) is 6.23. The van der Waals surface area contributed by atoms with Crippen molar-refractivity contribution in [1.29, 1.82) is 0 Å². The van der Waals surface area contributed by atoms with Gasteiger partial charge < -0.3 is 21.5 Å². The van der Waals surface area contributed by atoms with E-state index in [1.165, 1.54) is 6.42 Å². The maximum absolute atomic E-state index is 12.6. The Kier molecular flexibility index (Phi) is 4.71. The Hall–Kier alpha value is -2.53. The molecule has 5 N–H and O–H groups in total. The molecule has 1 heterocycles. The van der Waals surface area contributed by atoms with Crippen LogP contribution in [0.1, 0.15) is 35.7 Å². The van der Waals surface area contributed by atoms with Crippen LogP contribution in [0.25, 0.3) is 0 Å². The van der Waals surface area contributed by atoms with E-state index in [2.05, 4.69) is 12.2 Å². The Morgan fingerprint density at radius 2 is 1.96 bits per heavy atom. The van der Waals surface area contributed by atoms with Gasteiger partial charge >= 0.3 is 0 Å². The molecule has 5 nitrogen and oxygen atoms in total. The maximum Gasteiger partial charge on any atom is 0.193 e. The Balaban J connectivity index is 1.76. The fraction of sp³-hybridized carbons (Fsp3) is 0.316. The van der Waals surface area contributed by atoms with Gasteiger partial charge in [-0.3, -0.25) is 4.79 Å². The highest BCUT2D eigenvalue weighted by Gasteiger charge is 2.22. The summed E-state index contributed by atoms with van der Waals surface area (Å²) in [5, 5.41) is 3.43. The van der Waals surface area contributed by atoms with Crippen LogP contribution in [0.4, 0.5) is 11.4 Å². The third-order valence-electron chi connectivity index (χ3n) is 4.43. The fourth-order valence-electron chi connectivity index (χ4n) is 3.00. The van der Waals surface area contributed by atoms with Gasteiger partial charge in [-0.2, -0.15) is 0 Å². The van der Waals surface area contributed by atoms with Crippen LogP contribution < -0.4 is 21.5 Å². The van der Waals surface area contributed by atoms with Gasteiger partial charge in [0.25, 0.3) is 0 Å². The first kappa shape index (κ1) is 16.3. The summed E-state index contributed by atoms with van der Waals surface area (Å²) in [7, 11) is 0. The molecule has 2 unspecified atom stereocenters. The van der Waals surface area contributed by atoms with Crippen LogP contribution in [0, 0.1) is 0 Å². The van der Waals surface area contributed by atoms with Crippen LogP contribution in [0.3, 0.4) is 0 Å². The second-order valence-electron chi connectivity index (χ2n) is 6.23. The van der Waals surface area contributed by atoms with Crippen molar-refractivity contribution in [3.05, 3.63) is 53.6 Å². The number of nitrogens with one attached hydrogen (secondary N) is 1. The summed E-state index contributed by atoms with van der Waals surface area (Å²) in [4.78, 5) is 12.6. The monoisotopic (exact) mass is 325 g/mol. The van der Waals surface area contributed by atoms with Gasteiger partial charge in [-0.1, -0.05) is 12.1 Å². The van der Waals surface area contributed by atoms with Crippen molar-refractivity contribution in [3.63, 3.8) is 0 Å². The third kappa shape index (κ3) is 3.51. The number of rotatable bonds is 5. The number of carbonyl (C=O) groups is 1. The standard InChI is InChI=1S/C19H23N3O2/c1-12(18-6-3-9-22-18)24-15-5-2-4-13(10-15)19(23)14-7-8-16(20)17(21)11-14/h2,4-5,7-8,10-12,18,22H,3,6,9,20-21H2,1H3. The van der Waals surface area contributed by atoms with E-state index in [9.17, 15) is 4.79 Å². The minimum Gasteiger partial charge on any atom is -0.489 e. The first-order valence-electron chi connectivity index (χ1n) is 8.24. The van der Waals surface area contributed by atoms with Gasteiger partial charge in [0.2, 0.25) is 0 Å². The lowest BCUT2D eigenvalue weighted by atomic mass is 10.0. The number of hydrogen-bond donors (Lipinski definition) is 3. The molecule has 0 radical (unpaired) electrons. The molecule has 0 amide bonds. The molecule has 2 aromatic carbocycles. The topological polar surface area (TPSA) is 90.4 Å². The van der Waals surface area contributed by atoms with Gasteiger partial charge in [0, 0.05) is 17.2 Å².